The van der Waals surface area contributed by atoms with E-state index in [1.165, 1.54) is 6.07 Å². The van der Waals surface area contributed by atoms with Gasteiger partial charge in [0, 0.05) is 18.6 Å². The van der Waals surface area contributed by atoms with Crippen LogP contribution in [0, 0.1) is 5.82 Å². The molecule has 0 radical (unpaired) electrons. The van der Waals surface area contributed by atoms with Crippen molar-refractivity contribution >= 4 is 11.4 Å². The van der Waals surface area contributed by atoms with Crippen LogP contribution in [0.4, 0.5) is 15.8 Å². The molecule has 0 saturated heterocycles. The van der Waals surface area contributed by atoms with Crippen LogP contribution in [0.2, 0.25) is 0 Å². The Balaban J connectivity index is 2.48. The van der Waals surface area contributed by atoms with E-state index in [1.54, 1.807) is 6.07 Å². The molecule has 0 aromatic heterocycles. The van der Waals surface area contributed by atoms with Crippen LogP contribution in [-0.2, 0) is 0 Å². The van der Waals surface area contributed by atoms with Crippen LogP contribution < -0.4 is 10.2 Å². The maximum absolute atomic E-state index is 13.5. The fourth-order valence-electron chi connectivity index (χ4n) is 2.28. The molecule has 3 heteroatoms. The number of anilines is 2. The smallest absolute Gasteiger partial charge is 0.148 e. The number of fused-ring (bicyclic) bond motifs is 1. The van der Waals surface area contributed by atoms with E-state index < -0.39 is 0 Å². The molecule has 1 unspecified atom stereocenters. The molecule has 82 valence electrons. The summed E-state index contributed by atoms with van der Waals surface area (Å²) in [5.41, 5.74) is 1.62. The topological polar surface area (TPSA) is 15.3 Å². The summed E-state index contributed by atoms with van der Waals surface area (Å²) < 4.78 is 13.5. The molecule has 0 bridgehead atoms. The van der Waals surface area contributed by atoms with Crippen molar-refractivity contribution in [2.45, 2.75) is 32.9 Å². The van der Waals surface area contributed by atoms with E-state index in [0.717, 1.165) is 12.2 Å². The summed E-state index contributed by atoms with van der Waals surface area (Å²) in [5, 5.41) is 3.15. The Morgan fingerprint density at radius 2 is 2.20 bits per heavy atom. The van der Waals surface area contributed by atoms with Crippen LogP contribution in [-0.4, -0.2) is 18.6 Å². The predicted octanol–water partition coefficient (Wildman–Crippen LogP) is 2.85. The van der Waals surface area contributed by atoms with Crippen molar-refractivity contribution in [3.05, 3.63) is 24.0 Å². The molecule has 1 N–H and O–H groups in total. The molecule has 15 heavy (non-hydrogen) atoms. The second kappa shape index (κ2) is 3.72. The summed E-state index contributed by atoms with van der Waals surface area (Å²) in [6, 6.07) is 6.03. The molecule has 0 aliphatic carbocycles. The van der Waals surface area contributed by atoms with Gasteiger partial charge in [-0.05, 0) is 32.9 Å². The van der Waals surface area contributed by atoms with Crippen LogP contribution in [0.15, 0.2) is 18.2 Å². The van der Waals surface area contributed by atoms with Crippen molar-refractivity contribution in [2.75, 3.05) is 16.8 Å². The quantitative estimate of drug-likeness (QED) is 0.763. The molecule has 1 aliphatic heterocycles. The molecular weight excluding hydrogens is 191 g/mol. The van der Waals surface area contributed by atoms with Crippen molar-refractivity contribution in [1.29, 1.82) is 0 Å². The van der Waals surface area contributed by atoms with E-state index in [9.17, 15) is 4.39 Å². The van der Waals surface area contributed by atoms with Gasteiger partial charge in [-0.3, -0.25) is 0 Å². The Morgan fingerprint density at radius 1 is 1.47 bits per heavy atom. The van der Waals surface area contributed by atoms with Gasteiger partial charge in [-0.2, -0.15) is 0 Å². The maximum atomic E-state index is 13.5. The summed E-state index contributed by atoms with van der Waals surface area (Å²) in [4.78, 5) is 2.26. The average molecular weight is 208 g/mol. The molecule has 2 rings (SSSR count). The number of halogens is 1. The summed E-state index contributed by atoms with van der Waals surface area (Å²) >= 11 is 0. The van der Waals surface area contributed by atoms with Crippen molar-refractivity contribution in [3.8, 4) is 0 Å². The fraction of sp³-hybridized carbons (Fsp3) is 0.500. The first-order chi connectivity index (χ1) is 7.11. The third kappa shape index (κ3) is 1.66. The van der Waals surface area contributed by atoms with Crippen LogP contribution in [0.5, 0.6) is 0 Å². The van der Waals surface area contributed by atoms with Gasteiger partial charge in [-0.15, -0.1) is 0 Å². The summed E-state index contributed by atoms with van der Waals surface area (Å²) in [5.74, 6) is -0.162. The fourth-order valence-corrected chi connectivity index (χ4v) is 2.28. The van der Waals surface area contributed by atoms with E-state index >= 15 is 0 Å². The van der Waals surface area contributed by atoms with Crippen molar-refractivity contribution in [1.82, 2.24) is 0 Å². The van der Waals surface area contributed by atoms with E-state index in [2.05, 4.69) is 31.0 Å². The highest BCUT2D eigenvalue weighted by Crippen LogP contribution is 2.34. The molecule has 0 amide bonds. The Morgan fingerprint density at radius 3 is 2.87 bits per heavy atom. The number of benzene rings is 1. The SMILES string of the molecule is CC(C)N1c2cccc(F)c2NCC1C. The lowest BCUT2D eigenvalue weighted by Crippen LogP contribution is -2.46. The van der Waals surface area contributed by atoms with Crippen molar-refractivity contribution in [3.63, 3.8) is 0 Å². The number of para-hydroxylation sites is 1. The standard InChI is InChI=1S/C12H17FN2/c1-8(2)15-9(3)7-14-12-10(13)5-4-6-11(12)15/h4-6,8-9,14H,7H2,1-3H3. The zero-order chi connectivity index (χ0) is 11.0. The monoisotopic (exact) mass is 208 g/mol. The lowest BCUT2D eigenvalue weighted by atomic mass is 10.1. The first kappa shape index (κ1) is 10.3. The van der Waals surface area contributed by atoms with Gasteiger partial charge in [-0.25, -0.2) is 4.39 Å². The second-order valence-electron chi connectivity index (χ2n) is 4.36. The number of hydrogen-bond donors (Lipinski definition) is 1. The van der Waals surface area contributed by atoms with Gasteiger partial charge in [0.15, 0.2) is 0 Å². The van der Waals surface area contributed by atoms with Crippen LogP contribution >= 0.6 is 0 Å². The molecule has 1 aromatic rings. The van der Waals surface area contributed by atoms with Crippen LogP contribution in [0.25, 0.3) is 0 Å². The maximum Gasteiger partial charge on any atom is 0.148 e. The summed E-state index contributed by atoms with van der Waals surface area (Å²) in [7, 11) is 0. The van der Waals surface area contributed by atoms with Gasteiger partial charge in [0.1, 0.15) is 5.82 Å². The molecule has 1 atom stereocenters. The lowest BCUT2D eigenvalue weighted by molar-refractivity contribution is 0.567. The minimum absolute atomic E-state index is 0.162. The summed E-state index contributed by atoms with van der Waals surface area (Å²) in [6.07, 6.45) is 0. The highest BCUT2D eigenvalue weighted by Gasteiger charge is 2.26. The van der Waals surface area contributed by atoms with Crippen LogP contribution in [0.1, 0.15) is 20.8 Å². The van der Waals surface area contributed by atoms with Crippen LogP contribution in [0.3, 0.4) is 0 Å². The molecule has 1 heterocycles. The van der Waals surface area contributed by atoms with Gasteiger partial charge >= 0.3 is 0 Å². The first-order valence-corrected chi connectivity index (χ1v) is 5.42. The number of hydrogen-bond acceptors (Lipinski definition) is 2. The second-order valence-corrected chi connectivity index (χ2v) is 4.36. The minimum Gasteiger partial charge on any atom is -0.379 e. The van der Waals surface area contributed by atoms with Gasteiger partial charge in [0.05, 0.1) is 11.4 Å². The molecular formula is C12H17FN2. The Kier molecular flexibility index (Phi) is 2.55. The molecule has 1 aromatic carbocycles. The average Bonchev–Trinajstić information content (AvgIpc) is 2.17. The van der Waals surface area contributed by atoms with E-state index in [0.29, 0.717) is 17.8 Å². The minimum atomic E-state index is -0.162. The third-order valence-corrected chi connectivity index (χ3v) is 2.88. The number of nitrogens with one attached hydrogen (secondary N) is 1. The zero-order valence-electron chi connectivity index (χ0n) is 9.42. The molecule has 0 spiro atoms. The first-order valence-electron chi connectivity index (χ1n) is 5.42. The van der Waals surface area contributed by atoms with Crippen molar-refractivity contribution < 1.29 is 4.39 Å². The Hall–Kier alpha value is -1.25. The predicted molar refractivity (Wildman–Crippen MR) is 62.0 cm³/mol. The molecule has 0 saturated carbocycles. The molecule has 2 nitrogen and oxygen atoms in total. The lowest BCUT2D eigenvalue weighted by Gasteiger charge is -2.40. The molecule has 0 fully saturated rings. The highest BCUT2D eigenvalue weighted by molar-refractivity contribution is 5.73. The van der Waals surface area contributed by atoms with Gasteiger partial charge in [0.25, 0.3) is 0 Å². The van der Waals surface area contributed by atoms with Gasteiger partial charge < -0.3 is 10.2 Å². The zero-order valence-corrected chi connectivity index (χ0v) is 9.42. The largest absolute Gasteiger partial charge is 0.379 e. The normalized spacial score (nSPS) is 20.1. The highest BCUT2D eigenvalue weighted by atomic mass is 19.1. The Labute approximate surface area is 90.1 Å². The molecule has 1 aliphatic rings. The summed E-state index contributed by atoms with van der Waals surface area (Å²) in [6.45, 7) is 7.22. The van der Waals surface area contributed by atoms with E-state index in [4.69, 9.17) is 0 Å². The van der Waals surface area contributed by atoms with Gasteiger partial charge in [0.2, 0.25) is 0 Å². The Bertz CT molecular complexity index is 363. The number of rotatable bonds is 1. The van der Waals surface area contributed by atoms with Crippen molar-refractivity contribution in [2.24, 2.45) is 0 Å². The van der Waals surface area contributed by atoms with E-state index in [1.807, 2.05) is 6.07 Å². The van der Waals surface area contributed by atoms with Gasteiger partial charge in [-0.1, -0.05) is 6.07 Å². The number of nitrogens with zero attached hydrogens (tertiary/aromatic N) is 1. The third-order valence-electron chi connectivity index (χ3n) is 2.88. The van der Waals surface area contributed by atoms with E-state index in [-0.39, 0.29) is 5.82 Å².